The van der Waals surface area contributed by atoms with E-state index in [1.807, 2.05) is 6.92 Å². The molecule has 0 radical (unpaired) electrons. The fourth-order valence-corrected chi connectivity index (χ4v) is 0.881. The van der Waals surface area contributed by atoms with E-state index in [1.54, 1.807) is 0 Å². The Morgan fingerprint density at radius 2 is 2.27 bits per heavy atom. The van der Waals surface area contributed by atoms with Crippen LogP contribution in [0.1, 0.15) is 33.1 Å². The molecule has 3 heteroatoms. The van der Waals surface area contributed by atoms with Crippen molar-refractivity contribution in [2.45, 2.75) is 39.3 Å². The van der Waals surface area contributed by atoms with Crippen LogP contribution < -0.4 is 5.32 Å². The Morgan fingerprint density at radius 1 is 1.55 bits per heavy atom. The van der Waals surface area contributed by atoms with Gasteiger partial charge in [0.15, 0.2) is 0 Å². The number of carbonyl (C=O) groups excluding carboxylic acids is 1. The van der Waals surface area contributed by atoms with Gasteiger partial charge in [0.1, 0.15) is 6.23 Å². The topological polar surface area (TPSA) is 38.3 Å². The largest absolute Gasteiger partial charge is 0.359 e. The zero-order valence-electron chi connectivity index (χ0n) is 7.30. The van der Waals surface area contributed by atoms with Crippen molar-refractivity contribution in [3.63, 3.8) is 0 Å². The van der Waals surface area contributed by atoms with E-state index < -0.39 is 0 Å². The van der Waals surface area contributed by atoms with Gasteiger partial charge in [0.05, 0.1) is 0 Å². The van der Waals surface area contributed by atoms with Gasteiger partial charge in [-0.3, -0.25) is 4.79 Å². The van der Waals surface area contributed by atoms with Crippen LogP contribution in [0.3, 0.4) is 0 Å². The third-order valence-corrected chi connectivity index (χ3v) is 1.44. The summed E-state index contributed by atoms with van der Waals surface area (Å²) in [5.41, 5.74) is 0. The molecular weight excluding hydrogens is 142 g/mol. The zero-order chi connectivity index (χ0) is 8.53. The SMILES string of the molecule is CCCCC(NC=O)OCC. The molecule has 66 valence electrons. The zero-order valence-corrected chi connectivity index (χ0v) is 7.30. The highest BCUT2D eigenvalue weighted by Gasteiger charge is 2.03. The van der Waals surface area contributed by atoms with Crippen LogP contribution in [0.5, 0.6) is 0 Å². The molecule has 0 aromatic rings. The van der Waals surface area contributed by atoms with E-state index >= 15 is 0 Å². The van der Waals surface area contributed by atoms with Crippen LogP contribution in [0.2, 0.25) is 0 Å². The lowest BCUT2D eigenvalue weighted by Crippen LogP contribution is -2.30. The van der Waals surface area contributed by atoms with Gasteiger partial charge in [-0.25, -0.2) is 0 Å². The van der Waals surface area contributed by atoms with Crippen molar-refractivity contribution in [2.24, 2.45) is 0 Å². The number of carbonyl (C=O) groups is 1. The van der Waals surface area contributed by atoms with E-state index in [0.717, 1.165) is 19.3 Å². The van der Waals surface area contributed by atoms with Crippen LogP contribution in [-0.4, -0.2) is 19.2 Å². The second-order valence-electron chi connectivity index (χ2n) is 2.37. The van der Waals surface area contributed by atoms with Crippen molar-refractivity contribution < 1.29 is 9.53 Å². The van der Waals surface area contributed by atoms with Gasteiger partial charge in [-0.1, -0.05) is 13.3 Å². The molecule has 11 heavy (non-hydrogen) atoms. The average Bonchev–Trinajstić information content (AvgIpc) is 2.01. The summed E-state index contributed by atoms with van der Waals surface area (Å²) in [7, 11) is 0. The Bertz CT molecular complexity index is 96.1. The molecule has 0 saturated carbocycles. The van der Waals surface area contributed by atoms with Gasteiger partial charge in [0.25, 0.3) is 0 Å². The molecule has 0 aromatic heterocycles. The van der Waals surface area contributed by atoms with Gasteiger partial charge in [-0.05, 0) is 19.8 Å². The number of hydrogen-bond donors (Lipinski definition) is 1. The summed E-state index contributed by atoms with van der Waals surface area (Å²) in [6.07, 6.45) is 3.73. The molecule has 1 unspecified atom stereocenters. The second-order valence-corrected chi connectivity index (χ2v) is 2.37. The first kappa shape index (κ1) is 10.4. The molecule has 0 saturated heterocycles. The smallest absolute Gasteiger partial charge is 0.209 e. The predicted octanol–water partition coefficient (Wildman–Crippen LogP) is 1.29. The first-order valence-corrected chi connectivity index (χ1v) is 4.16. The Labute approximate surface area is 68.1 Å². The molecule has 1 atom stereocenters. The molecule has 0 aliphatic heterocycles. The lowest BCUT2D eigenvalue weighted by atomic mass is 10.2. The minimum atomic E-state index is -0.0857. The van der Waals surface area contributed by atoms with Crippen LogP contribution in [0.25, 0.3) is 0 Å². The minimum absolute atomic E-state index is 0.0857. The number of nitrogens with one attached hydrogen (secondary N) is 1. The highest BCUT2D eigenvalue weighted by Crippen LogP contribution is 2.00. The summed E-state index contributed by atoms with van der Waals surface area (Å²) in [6.45, 7) is 4.69. The summed E-state index contributed by atoms with van der Waals surface area (Å²) >= 11 is 0. The lowest BCUT2D eigenvalue weighted by Gasteiger charge is -2.14. The highest BCUT2D eigenvalue weighted by atomic mass is 16.5. The van der Waals surface area contributed by atoms with E-state index in [4.69, 9.17) is 4.74 Å². The third-order valence-electron chi connectivity index (χ3n) is 1.44. The van der Waals surface area contributed by atoms with E-state index in [-0.39, 0.29) is 6.23 Å². The van der Waals surface area contributed by atoms with Gasteiger partial charge in [0, 0.05) is 6.61 Å². The second kappa shape index (κ2) is 7.54. The molecule has 0 aliphatic rings. The number of hydrogen-bond acceptors (Lipinski definition) is 2. The van der Waals surface area contributed by atoms with Crippen molar-refractivity contribution in [3.05, 3.63) is 0 Å². The minimum Gasteiger partial charge on any atom is -0.359 e. The summed E-state index contributed by atoms with van der Waals surface area (Å²) in [5, 5.41) is 2.62. The van der Waals surface area contributed by atoms with Crippen molar-refractivity contribution in [2.75, 3.05) is 6.61 Å². The van der Waals surface area contributed by atoms with Gasteiger partial charge < -0.3 is 10.1 Å². The van der Waals surface area contributed by atoms with Gasteiger partial charge in [-0.15, -0.1) is 0 Å². The summed E-state index contributed by atoms with van der Waals surface area (Å²) in [4.78, 5) is 10.1. The van der Waals surface area contributed by atoms with Crippen molar-refractivity contribution in [1.82, 2.24) is 5.32 Å². The maximum absolute atomic E-state index is 10.1. The number of unbranched alkanes of at least 4 members (excludes halogenated alkanes) is 1. The molecule has 0 heterocycles. The van der Waals surface area contributed by atoms with Crippen molar-refractivity contribution in [1.29, 1.82) is 0 Å². The van der Waals surface area contributed by atoms with Gasteiger partial charge in [-0.2, -0.15) is 0 Å². The monoisotopic (exact) mass is 159 g/mol. The van der Waals surface area contributed by atoms with E-state index in [0.29, 0.717) is 13.0 Å². The fraction of sp³-hybridized carbons (Fsp3) is 0.875. The highest BCUT2D eigenvalue weighted by molar-refractivity contribution is 5.46. The molecular formula is C8H17NO2. The Morgan fingerprint density at radius 3 is 2.73 bits per heavy atom. The molecule has 0 aliphatic carbocycles. The van der Waals surface area contributed by atoms with Crippen LogP contribution >= 0.6 is 0 Å². The maximum atomic E-state index is 10.1. The lowest BCUT2D eigenvalue weighted by molar-refractivity contribution is -0.113. The molecule has 0 bridgehead atoms. The van der Waals surface area contributed by atoms with Crippen molar-refractivity contribution in [3.8, 4) is 0 Å². The maximum Gasteiger partial charge on any atom is 0.209 e. The first-order valence-electron chi connectivity index (χ1n) is 4.16. The fourth-order valence-electron chi connectivity index (χ4n) is 0.881. The van der Waals surface area contributed by atoms with E-state index in [9.17, 15) is 4.79 Å². The molecule has 3 nitrogen and oxygen atoms in total. The van der Waals surface area contributed by atoms with Crippen LogP contribution in [0, 0.1) is 0 Å². The summed E-state index contributed by atoms with van der Waals surface area (Å²) < 4.78 is 5.24. The summed E-state index contributed by atoms with van der Waals surface area (Å²) in [5.74, 6) is 0. The molecule has 0 spiro atoms. The average molecular weight is 159 g/mol. The Hall–Kier alpha value is -0.570. The van der Waals surface area contributed by atoms with Crippen LogP contribution in [0.15, 0.2) is 0 Å². The van der Waals surface area contributed by atoms with Crippen LogP contribution in [-0.2, 0) is 9.53 Å². The molecule has 1 N–H and O–H groups in total. The van der Waals surface area contributed by atoms with E-state index in [2.05, 4.69) is 12.2 Å². The molecule has 0 rings (SSSR count). The normalized spacial score (nSPS) is 12.5. The third kappa shape index (κ3) is 5.85. The van der Waals surface area contributed by atoms with Gasteiger partial charge in [0.2, 0.25) is 6.41 Å². The summed E-state index contributed by atoms with van der Waals surface area (Å²) in [6, 6.07) is 0. The van der Waals surface area contributed by atoms with Gasteiger partial charge >= 0.3 is 0 Å². The number of ether oxygens (including phenoxy) is 1. The molecule has 0 aromatic carbocycles. The first-order chi connectivity index (χ1) is 5.35. The Balaban J connectivity index is 3.41. The van der Waals surface area contributed by atoms with Crippen LogP contribution in [0.4, 0.5) is 0 Å². The Kier molecular flexibility index (Phi) is 7.15. The standard InChI is InChI=1S/C8H17NO2/c1-3-5-6-8(9-7-10)11-4-2/h7-8H,3-6H2,1-2H3,(H,9,10). The van der Waals surface area contributed by atoms with E-state index in [1.165, 1.54) is 0 Å². The number of rotatable bonds is 7. The molecule has 0 fully saturated rings. The predicted molar refractivity (Wildman–Crippen MR) is 44.1 cm³/mol. The molecule has 1 amide bonds. The quantitative estimate of drug-likeness (QED) is 0.449. The van der Waals surface area contributed by atoms with Crippen molar-refractivity contribution >= 4 is 6.41 Å². The number of amides is 1.